The number of hydrogen-bond donors (Lipinski definition) is 0. The van der Waals surface area contributed by atoms with Crippen molar-refractivity contribution >= 4 is 33.3 Å². The molecule has 0 radical (unpaired) electrons. The quantitative estimate of drug-likeness (QED) is 0.787. The molecule has 1 aromatic rings. The number of halogens is 2. The highest BCUT2D eigenvalue weighted by atomic mass is 79.9. The zero-order chi connectivity index (χ0) is 10.7. The molecule has 0 atom stereocenters. The van der Waals surface area contributed by atoms with E-state index in [1.54, 1.807) is 12.1 Å². The van der Waals surface area contributed by atoms with Crippen molar-refractivity contribution in [2.24, 2.45) is 0 Å². The lowest BCUT2D eigenvalue weighted by atomic mass is 10.1. The highest BCUT2D eigenvalue weighted by Crippen LogP contribution is 2.33. The maximum atomic E-state index is 11.3. The van der Waals surface area contributed by atoms with Gasteiger partial charge in [0.05, 0.1) is 17.2 Å². The molecule has 0 fully saturated rings. The van der Waals surface area contributed by atoms with Crippen molar-refractivity contribution in [3.63, 3.8) is 0 Å². The highest BCUT2D eigenvalue weighted by Gasteiger charge is 2.15. The van der Waals surface area contributed by atoms with E-state index in [-0.39, 0.29) is 5.78 Å². The molecule has 0 bridgehead atoms. The lowest BCUT2D eigenvalue weighted by Gasteiger charge is -2.10. The topological polar surface area (TPSA) is 26.3 Å². The second-order valence-corrected chi connectivity index (χ2v) is 3.96. The predicted octanol–water partition coefficient (Wildman–Crippen LogP) is 3.70. The van der Waals surface area contributed by atoms with Gasteiger partial charge >= 0.3 is 0 Å². The Hall–Kier alpha value is -0.540. The summed E-state index contributed by atoms with van der Waals surface area (Å²) in [6.45, 7) is 3.84. The van der Waals surface area contributed by atoms with E-state index in [9.17, 15) is 4.79 Å². The number of ketones is 1. The molecule has 76 valence electrons. The number of carbonyl (C=O) groups excluding carboxylic acids is 1. The van der Waals surface area contributed by atoms with E-state index in [1.807, 2.05) is 6.92 Å². The fourth-order valence-corrected chi connectivity index (χ4v) is 1.76. The number of carbonyl (C=O) groups is 1. The molecular formula is C10H10BrClO2. The Morgan fingerprint density at radius 2 is 2.21 bits per heavy atom. The van der Waals surface area contributed by atoms with Crippen molar-refractivity contribution in [1.29, 1.82) is 0 Å². The Morgan fingerprint density at radius 3 is 2.71 bits per heavy atom. The molecular weight excluding hydrogens is 267 g/mol. The first-order valence-corrected chi connectivity index (χ1v) is 5.36. The molecule has 14 heavy (non-hydrogen) atoms. The van der Waals surface area contributed by atoms with Crippen LogP contribution in [0.5, 0.6) is 5.75 Å². The minimum absolute atomic E-state index is 0.0975. The molecule has 0 N–H and O–H groups in total. The van der Waals surface area contributed by atoms with Crippen LogP contribution in [0.4, 0.5) is 0 Å². The largest absolute Gasteiger partial charge is 0.493 e. The zero-order valence-corrected chi connectivity index (χ0v) is 10.3. The molecule has 0 aliphatic carbocycles. The van der Waals surface area contributed by atoms with Gasteiger partial charge in [-0.3, -0.25) is 4.79 Å². The molecule has 0 aromatic heterocycles. The summed E-state index contributed by atoms with van der Waals surface area (Å²) in [7, 11) is 0. The van der Waals surface area contributed by atoms with Gasteiger partial charge in [-0.2, -0.15) is 0 Å². The van der Waals surface area contributed by atoms with Gasteiger partial charge in [-0.15, -0.1) is 0 Å². The number of hydrogen-bond acceptors (Lipinski definition) is 2. The number of benzene rings is 1. The number of Topliss-reactive ketones (excluding diaryl/α,β-unsaturated/α-hetero) is 1. The van der Waals surface area contributed by atoms with Crippen molar-refractivity contribution in [3.8, 4) is 5.75 Å². The van der Waals surface area contributed by atoms with Crippen LogP contribution in [0.2, 0.25) is 5.02 Å². The van der Waals surface area contributed by atoms with Gasteiger partial charge in [0.2, 0.25) is 0 Å². The lowest BCUT2D eigenvalue weighted by molar-refractivity contribution is 0.101. The second kappa shape index (κ2) is 4.80. The third-order valence-corrected chi connectivity index (χ3v) is 2.99. The van der Waals surface area contributed by atoms with Crippen LogP contribution in [0.25, 0.3) is 0 Å². The SMILES string of the molecule is CCOc1ccc(Br)c(Cl)c1C(C)=O. The average Bonchev–Trinajstić information content (AvgIpc) is 2.11. The maximum Gasteiger partial charge on any atom is 0.165 e. The minimum Gasteiger partial charge on any atom is -0.493 e. The van der Waals surface area contributed by atoms with Gasteiger partial charge in [0.1, 0.15) is 5.75 Å². The molecule has 0 aliphatic heterocycles. The first-order chi connectivity index (χ1) is 6.57. The molecule has 0 saturated heterocycles. The van der Waals surface area contributed by atoms with Crippen molar-refractivity contribution in [3.05, 3.63) is 27.2 Å². The van der Waals surface area contributed by atoms with E-state index >= 15 is 0 Å². The first-order valence-electron chi connectivity index (χ1n) is 4.19. The van der Waals surface area contributed by atoms with Crippen LogP contribution >= 0.6 is 27.5 Å². The molecule has 4 heteroatoms. The smallest absolute Gasteiger partial charge is 0.165 e. The summed E-state index contributed by atoms with van der Waals surface area (Å²) in [4.78, 5) is 11.3. The summed E-state index contributed by atoms with van der Waals surface area (Å²) in [6, 6.07) is 3.50. The number of ether oxygens (including phenoxy) is 1. The molecule has 0 heterocycles. The summed E-state index contributed by atoms with van der Waals surface area (Å²) in [5.74, 6) is 0.438. The van der Waals surface area contributed by atoms with Crippen LogP contribution in [0.15, 0.2) is 16.6 Å². The van der Waals surface area contributed by atoms with Crippen molar-refractivity contribution < 1.29 is 9.53 Å². The lowest BCUT2D eigenvalue weighted by Crippen LogP contribution is -2.01. The monoisotopic (exact) mass is 276 g/mol. The van der Waals surface area contributed by atoms with Gasteiger partial charge in [0.25, 0.3) is 0 Å². The van der Waals surface area contributed by atoms with E-state index in [4.69, 9.17) is 16.3 Å². The Bertz CT molecular complexity index is 363. The Labute approximate surface area is 96.3 Å². The van der Waals surface area contributed by atoms with Crippen LogP contribution < -0.4 is 4.74 Å². The molecule has 0 unspecified atom stereocenters. The van der Waals surface area contributed by atoms with Gasteiger partial charge < -0.3 is 4.74 Å². The van der Waals surface area contributed by atoms with Crippen LogP contribution in [-0.4, -0.2) is 12.4 Å². The van der Waals surface area contributed by atoms with Gasteiger partial charge in [-0.05, 0) is 41.9 Å². The Kier molecular flexibility index (Phi) is 3.96. The number of rotatable bonds is 3. The van der Waals surface area contributed by atoms with Crippen molar-refractivity contribution in [1.82, 2.24) is 0 Å². The van der Waals surface area contributed by atoms with E-state index in [1.165, 1.54) is 6.92 Å². The Morgan fingerprint density at radius 1 is 1.57 bits per heavy atom. The zero-order valence-electron chi connectivity index (χ0n) is 7.93. The van der Waals surface area contributed by atoms with Crippen LogP contribution in [0.1, 0.15) is 24.2 Å². The van der Waals surface area contributed by atoms with E-state index in [0.717, 1.165) is 0 Å². The molecule has 1 aromatic carbocycles. The fourth-order valence-electron chi connectivity index (χ4n) is 1.14. The molecule has 0 amide bonds. The molecule has 2 nitrogen and oxygen atoms in total. The first kappa shape index (κ1) is 11.5. The maximum absolute atomic E-state index is 11.3. The predicted molar refractivity (Wildman–Crippen MR) is 60.3 cm³/mol. The summed E-state index contributed by atoms with van der Waals surface area (Å²) in [5.41, 5.74) is 0.433. The normalized spacial score (nSPS) is 10.0. The molecule has 0 spiro atoms. The van der Waals surface area contributed by atoms with Gasteiger partial charge in [-0.25, -0.2) is 0 Å². The third-order valence-electron chi connectivity index (χ3n) is 1.71. The summed E-state index contributed by atoms with van der Waals surface area (Å²) in [5, 5.41) is 0.406. The average molecular weight is 278 g/mol. The fraction of sp³-hybridized carbons (Fsp3) is 0.300. The molecule has 1 rings (SSSR count). The van der Waals surface area contributed by atoms with E-state index in [0.29, 0.717) is 27.4 Å². The van der Waals surface area contributed by atoms with E-state index in [2.05, 4.69) is 15.9 Å². The van der Waals surface area contributed by atoms with Gasteiger partial charge in [0, 0.05) is 4.47 Å². The highest BCUT2D eigenvalue weighted by molar-refractivity contribution is 9.10. The molecule has 0 aliphatic rings. The third kappa shape index (κ3) is 2.28. The molecule has 0 saturated carbocycles. The standard InChI is InChI=1S/C10H10BrClO2/c1-3-14-8-5-4-7(11)10(12)9(8)6(2)13/h4-5H,3H2,1-2H3. The second-order valence-electron chi connectivity index (χ2n) is 2.72. The van der Waals surface area contributed by atoms with Crippen LogP contribution in [-0.2, 0) is 0 Å². The van der Waals surface area contributed by atoms with Crippen molar-refractivity contribution in [2.75, 3.05) is 6.61 Å². The van der Waals surface area contributed by atoms with Crippen molar-refractivity contribution in [2.45, 2.75) is 13.8 Å². The van der Waals surface area contributed by atoms with Crippen LogP contribution in [0, 0.1) is 0 Å². The van der Waals surface area contributed by atoms with Gasteiger partial charge in [-0.1, -0.05) is 11.6 Å². The van der Waals surface area contributed by atoms with E-state index < -0.39 is 0 Å². The summed E-state index contributed by atoms with van der Waals surface area (Å²) >= 11 is 9.24. The van der Waals surface area contributed by atoms with Gasteiger partial charge in [0.15, 0.2) is 5.78 Å². The summed E-state index contributed by atoms with van der Waals surface area (Å²) in [6.07, 6.45) is 0. The summed E-state index contributed by atoms with van der Waals surface area (Å²) < 4.78 is 6.01. The van der Waals surface area contributed by atoms with Crippen LogP contribution in [0.3, 0.4) is 0 Å². The minimum atomic E-state index is -0.0975. The Balaban J connectivity index is 3.30.